The highest BCUT2D eigenvalue weighted by Gasteiger charge is 2.13. The van der Waals surface area contributed by atoms with E-state index < -0.39 is 5.91 Å². The number of nitrogens with two attached hydrogens (primary N) is 1. The zero-order valence-corrected chi connectivity index (χ0v) is 14.6. The van der Waals surface area contributed by atoms with Crippen LogP contribution >= 0.6 is 34.8 Å². The van der Waals surface area contributed by atoms with Crippen molar-refractivity contribution in [1.29, 1.82) is 0 Å². The van der Waals surface area contributed by atoms with Gasteiger partial charge in [0.25, 0.3) is 5.91 Å². The number of nitrogen functional groups attached to an aromatic ring is 1. The quantitative estimate of drug-likeness (QED) is 0.763. The molecule has 1 aromatic carbocycles. The number of ether oxygens (including phenoxy) is 1. The molecule has 5 nitrogen and oxygen atoms in total. The van der Waals surface area contributed by atoms with E-state index in [-0.39, 0.29) is 38.3 Å². The highest BCUT2D eigenvalue weighted by Crippen LogP contribution is 2.31. The summed E-state index contributed by atoms with van der Waals surface area (Å²) in [5.74, 6) is -0.135. The summed E-state index contributed by atoms with van der Waals surface area (Å²) in [4.78, 5) is 16.3. The fraction of sp³-hybridized carbons (Fsp3) is 0.200. The molecule has 0 fully saturated rings. The zero-order valence-electron chi connectivity index (χ0n) is 12.4. The minimum Gasteiger partial charge on any atom is -0.474 e. The topological polar surface area (TPSA) is 77.2 Å². The molecule has 3 N–H and O–H groups in total. The van der Waals surface area contributed by atoms with E-state index in [0.29, 0.717) is 5.69 Å². The lowest BCUT2D eigenvalue weighted by molar-refractivity contribution is 0.102. The number of anilines is 2. The van der Waals surface area contributed by atoms with Crippen LogP contribution in [0.15, 0.2) is 24.4 Å². The molecule has 1 aromatic heterocycles. The number of hydrogen-bond acceptors (Lipinski definition) is 4. The standard InChI is InChI=1S/C15H14Cl3N3O2/c1-7(2)23-15-12(18)3-8(6-20-15)14(22)21-9-4-10(16)13(19)11(17)5-9/h3-7H,19H2,1-2H3,(H,21,22). The summed E-state index contributed by atoms with van der Waals surface area (Å²) in [5.41, 5.74) is 6.59. The first kappa shape index (κ1) is 17.7. The SMILES string of the molecule is CC(C)Oc1ncc(C(=O)Nc2cc(Cl)c(N)c(Cl)c2)cc1Cl. The first-order chi connectivity index (χ1) is 10.8. The van der Waals surface area contributed by atoms with Gasteiger partial charge >= 0.3 is 0 Å². The molecule has 23 heavy (non-hydrogen) atoms. The van der Waals surface area contributed by atoms with Crippen molar-refractivity contribution < 1.29 is 9.53 Å². The van der Waals surface area contributed by atoms with Crippen LogP contribution in [-0.2, 0) is 0 Å². The van der Waals surface area contributed by atoms with Gasteiger partial charge in [0.05, 0.1) is 27.4 Å². The average molecular weight is 375 g/mol. The summed E-state index contributed by atoms with van der Waals surface area (Å²) in [6, 6.07) is 4.49. The number of carbonyl (C=O) groups excluding carboxylic acids is 1. The summed E-state index contributed by atoms with van der Waals surface area (Å²) >= 11 is 17.9. The smallest absolute Gasteiger partial charge is 0.257 e. The van der Waals surface area contributed by atoms with Gasteiger partial charge in [-0.2, -0.15) is 0 Å². The van der Waals surface area contributed by atoms with Gasteiger partial charge in [-0.15, -0.1) is 0 Å². The molecule has 2 rings (SSSR count). The van der Waals surface area contributed by atoms with Crippen LogP contribution in [-0.4, -0.2) is 17.0 Å². The summed E-state index contributed by atoms with van der Waals surface area (Å²) in [5, 5.41) is 3.41. The third kappa shape index (κ3) is 4.41. The summed E-state index contributed by atoms with van der Waals surface area (Å²) in [6.45, 7) is 3.71. The first-order valence-corrected chi connectivity index (χ1v) is 7.79. The number of nitrogens with one attached hydrogen (secondary N) is 1. The van der Waals surface area contributed by atoms with E-state index in [0.717, 1.165) is 0 Å². The van der Waals surface area contributed by atoms with E-state index in [9.17, 15) is 4.79 Å². The van der Waals surface area contributed by atoms with Gasteiger partial charge in [0, 0.05) is 11.9 Å². The normalized spacial score (nSPS) is 10.7. The van der Waals surface area contributed by atoms with Crippen LogP contribution in [0.4, 0.5) is 11.4 Å². The molecule has 0 bridgehead atoms. The van der Waals surface area contributed by atoms with Crippen LogP contribution in [0.2, 0.25) is 15.1 Å². The lowest BCUT2D eigenvalue weighted by atomic mass is 10.2. The van der Waals surface area contributed by atoms with Crippen LogP contribution in [0.1, 0.15) is 24.2 Å². The van der Waals surface area contributed by atoms with Crippen molar-refractivity contribution in [2.45, 2.75) is 20.0 Å². The molecule has 0 unspecified atom stereocenters. The van der Waals surface area contributed by atoms with E-state index in [2.05, 4.69) is 10.3 Å². The molecule has 0 aliphatic rings. The molecule has 0 saturated heterocycles. The van der Waals surface area contributed by atoms with E-state index >= 15 is 0 Å². The molecule has 1 heterocycles. The molecule has 0 spiro atoms. The van der Waals surface area contributed by atoms with Crippen molar-refractivity contribution in [3.63, 3.8) is 0 Å². The van der Waals surface area contributed by atoms with E-state index in [4.69, 9.17) is 45.3 Å². The Balaban J connectivity index is 2.19. The van der Waals surface area contributed by atoms with Gasteiger partial charge in [-0.1, -0.05) is 34.8 Å². The van der Waals surface area contributed by atoms with Crippen molar-refractivity contribution in [3.05, 3.63) is 45.0 Å². The number of hydrogen-bond donors (Lipinski definition) is 2. The van der Waals surface area contributed by atoms with Crippen LogP contribution in [0.25, 0.3) is 0 Å². The Bertz CT molecular complexity index is 728. The molecule has 2 aromatic rings. The Morgan fingerprint density at radius 1 is 1.17 bits per heavy atom. The molecule has 0 atom stereocenters. The van der Waals surface area contributed by atoms with E-state index in [1.807, 2.05) is 13.8 Å². The maximum atomic E-state index is 12.2. The van der Waals surface area contributed by atoms with Gasteiger partial charge in [0.2, 0.25) is 5.88 Å². The van der Waals surface area contributed by atoms with Gasteiger partial charge in [-0.25, -0.2) is 4.98 Å². The Labute approximate surface area is 148 Å². The Hall–Kier alpha value is -1.69. The largest absolute Gasteiger partial charge is 0.474 e. The molecule has 0 aliphatic carbocycles. The highest BCUT2D eigenvalue weighted by atomic mass is 35.5. The fourth-order valence-corrected chi connectivity index (χ4v) is 2.42. The first-order valence-electron chi connectivity index (χ1n) is 6.66. The number of rotatable bonds is 4. The second-order valence-corrected chi connectivity index (χ2v) is 6.21. The van der Waals surface area contributed by atoms with Gasteiger partial charge in [0.1, 0.15) is 5.02 Å². The number of nitrogens with zero attached hydrogens (tertiary/aromatic N) is 1. The minimum absolute atomic E-state index is 0.0706. The molecule has 0 aliphatic heterocycles. The molecule has 0 radical (unpaired) electrons. The van der Waals surface area contributed by atoms with Gasteiger partial charge in [-0.05, 0) is 32.0 Å². The molecular weight excluding hydrogens is 361 g/mol. The van der Waals surface area contributed by atoms with Crippen molar-refractivity contribution in [1.82, 2.24) is 4.98 Å². The second-order valence-electron chi connectivity index (χ2n) is 4.99. The zero-order chi connectivity index (χ0) is 17.1. The summed E-state index contributed by atoms with van der Waals surface area (Å²) in [7, 11) is 0. The van der Waals surface area contributed by atoms with Crippen molar-refractivity contribution in [2.75, 3.05) is 11.1 Å². The Kier molecular flexibility index (Phi) is 5.57. The molecule has 122 valence electrons. The summed E-state index contributed by atoms with van der Waals surface area (Å²) in [6.07, 6.45) is 1.30. The lowest BCUT2D eigenvalue weighted by Crippen LogP contribution is -2.13. The number of carbonyl (C=O) groups is 1. The second kappa shape index (κ2) is 7.25. The predicted octanol–water partition coefficient (Wildman–Crippen LogP) is 4.66. The number of halogens is 3. The molecule has 1 amide bonds. The van der Waals surface area contributed by atoms with E-state index in [1.165, 1.54) is 24.4 Å². The maximum Gasteiger partial charge on any atom is 0.257 e. The highest BCUT2D eigenvalue weighted by molar-refractivity contribution is 6.39. The third-order valence-electron chi connectivity index (χ3n) is 2.75. The van der Waals surface area contributed by atoms with Crippen LogP contribution in [0, 0.1) is 0 Å². The van der Waals surface area contributed by atoms with Crippen LogP contribution in [0.3, 0.4) is 0 Å². The fourth-order valence-electron chi connectivity index (χ4n) is 1.72. The van der Waals surface area contributed by atoms with Crippen molar-refractivity contribution in [2.24, 2.45) is 0 Å². The Morgan fingerprint density at radius 2 is 1.78 bits per heavy atom. The molecule has 8 heteroatoms. The number of aromatic nitrogens is 1. The molecule has 0 saturated carbocycles. The maximum absolute atomic E-state index is 12.2. The summed E-state index contributed by atoms with van der Waals surface area (Å²) < 4.78 is 5.42. The van der Waals surface area contributed by atoms with E-state index in [1.54, 1.807) is 0 Å². The molecular formula is C15H14Cl3N3O2. The van der Waals surface area contributed by atoms with Gasteiger partial charge < -0.3 is 15.8 Å². The number of pyridine rings is 1. The van der Waals surface area contributed by atoms with Crippen LogP contribution < -0.4 is 15.8 Å². The van der Waals surface area contributed by atoms with Crippen molar-refractivity contribution in [3.8, 4) is 5.88 Å². The average Bonchev–Trinajstić information content (AvgIpc) is 2.46. The monoisotopic (exact) mass is 373 g/mol. The van der Waals surface area contributed by atoms with Gasteiger partial charge in [-0.3, -0.25) is 4.79 Å². The number of benzene rings is 1. The predicted molar refractivity (Wildman–Crippen MR) is 93.8 cm³/mol. The number of amides is 1. The Morgan fingerprint density at radius 3 is 2.30 bits per heavy atom. The van der Waals surface area contributed by atoms with Crippen LogP contribution in [0.5, 0.6) is 5.88 Å². The third-order valence-corrected chi connectivity index (χ3v) is 3.65. The minimum atomic E-state index is -0.410. The lowest BCUT2D eigenvalue weighted by Gasteiger charge is -2.11. The van der Waals surface area contributed by atoms with Gasteiger partial charge in [0.15, 0.2) is 0 Å². The van der Waals surface area contributed by atoms with Crippen molar-refractivity contribution >= 4 is 52.1 Å².